The van der Waals surface area contributed by atoms with Crippen LogP contribution in [0, 0.1) is 5.82 Å². The van der Waals surface area contributed by atoms with Crippen LogP contribution in [0.1, 0.15) is 30.3 Å². The fraction of sp³-hybridized carbons (Fsp3) is 0.571. The number of aromatic nitrogens is 2. The van der Waals surface area contributed by atoms with Crippen LogP contribution in [0.2, 0.25) is 0 Å². The SMILES string of the molecule is O=C(O)CCCC(=O)n1c(=O)c(F)cn([C@@H]2O[C@H](CO)[C@@H](O)[C@H]2O)c1=O. The first kappa shape index (κ1) is 19.9. The minimum Gasteiger partial charge on any atom is -0.481 e. The van der Waals surface area contributed by atoms with Crippen molar-refractivity contribution in [1.29, 1.82) is 0 Å². The molecule has 0 aromatic carbocycles. The first-order valence-corrected chi connectivity index (χ1v) is 7.60. The Morgan fingerprint density at radius 1 is 1.19 bits per heavy atom. The van der Waals surface area contributed by atoms with Crippen LogP contribution in [-0.4, -0.2) is 66.4 Å². The Balaban J connectivity index is 2.40. The number of hydrogen-bond donors (Lipinski definition) is 4. The molecule has 0 aliphatic carbocycles. The molecule has 4 N–H and O–H groups in total. The molecule has 0 bridgehead atoms. The van der Waals surface area contributed by atoms with Crippen molar-refractivity contribution in [2.45, 2.75) is 43.8 Å². The quantitative estimate of drug-likeness (QED) is 0.425. The number of carbonyl (C=O) groups excluding carboxylic acids is 1. The number of rotatable bonds is 6. The summed E-state index contributed by atoms with van der Waals surface area (Å²) in [6, 6.07) is 0. The van der Waals surface area contributed by atoms with Crippen molar-refractivity contribution in [3.63, 3.8) is 0 Å². The van der Waals surface area contributed by atoms with Gasteiger partial charge in [0, 0.05) is 12.8 Å². The lowest BCUT2D eigenvalue weighted by Crippen LogP contribution is -2.47. The van der Waals surface area contributed by atoms with Gasteiger partial charge in [0.2, 0.25) is 11.7 Å². The summed E-state index contributed by atoms with van der Waals surface area (Å²) in [4.78, 5) is 46.7. The summed E-state index contributed by atoms with van der Waals surface area (Å²) in [6.07, 6.45) is -6.83. The molecule has 0 unspecified atom stereocenters. The number of halogens is 1. The van der Waals surface area contributed by atoms with Gasteiger partial charge in [0.1, 0.15) is 18.3 Å². The molecule has 1 aliphatic heterocycles. The van der Waals surface area contributed by atoms with Crippen molar-refractivity contribution in [3.8, 4) is 0 Å². The third-order valence-corrected chi connectivity index (χ3v) is 3.89. The molecule has 1 saturated heterocycles. The van der Waals surface area contributed by atoms with E-state index in [1.165, 1.54) is 0 Å². The van der Waals surface area contributed by atoms with E-state index in [-0.39, 0.29) is 11.0 Å². The fourth-order valence-electron chi connectivity index (χ4n) is 2.56. The molecular formula is C14H17FN2O9. The highest BCUT2D eigenvalue weighted by molar-refractivity contribution is 5.79. The normalized spacial score (nSPS) is 25.4. The number of aliphatic hydroxyl groups is 3. The molecule has 12 heteroatoms. The largest absolute Gasteiger partial charge is 0.481 e. The second-order valence-corrected chi connectivity index (χ2v) is 5.68. The number of carboxylic acid groups (broad SMARTS) is 1. The molecule has 4 atom stereocenters. The van der Waals surface area contributed by atoms with Crippen molar-refractivity contribution in [2.75, 3.05) is 6.61 Å². The summed E-state index contributed by atoms with van der Waals surface area (Å²) in [5, 5.41) is 37.2. The third-order valence-electron chi connectivity index (χ3n) is 3.89. The van der Waals surface area contributed by atoms with Gasteiger partial charge in [-0.15, -0.1) is 0 Å². The Hall–Kier alpha value is -2.41. The summed E-state index contributed by atoms with van der Waals surface area (Å²) < 4.78 is 19.4. The Labute approximate surface area is 144 Å². The lowest BCUT2D eigenvalue weighted by atomic mass is 10.1. The summed E-state index contributed by atoms with van der Waals surface area (Å²) in [6.45, 7) is -0.695. The zero-order valence-electron chi connectivity index (χ0n) is 13.3. The highest BCUT2D eigenvalue weighted by atomic mass is 19.1. The van der Waals surface area contributed by atoms with E-state index in [4.69, 9.17) is 14.9 Å². The van der Waals surface area contributed by atoms with Gasteiger partial charge in [-0.3, -0.25) is 19.0 Å². The molecule has 1 aromatic rings. The maximum atomic E-state index is 13.9. The molecule has 2 rings (SSSR count). The summed E-state index contributed by atoms with van der Waals surface area (Å²) in [7, 11) is 0. The zero-order chi connectivity index (χ0) is 19.6. The molecule has 1 fully saturated rings. The fourth-order valence-corrected chi connectivity index (χ4v) is 2.56. The van der Waals surface area contributed by atoms with Crippen molar-refractivity contribution < 1.29 is 39.1 Å². The minimum atomic E-state index is -1.72. The second-order valence-electron chi connectivity index (χ2n) is 5.68. The number of carbonyl (C=O) groups is 2. The topological polar surface area (TPSA) is 168 Å². The van der Waals surface area contributed by atoms with E-state index < -0.39 is 72.9 Å². The van der Waals surface area contributed by atoms with Gasteiger partial charge in [-0.25, -0.2) is 4.79 Å². The maximum Gasteiger partial charge on any atom is 0.340 e. The summed E-state index contributed by atoms with van der Waals surface area (Å²) in [5.74, 6) is -3.80. The maximum absolute atomic E-state index is 13.9. The molecule has 11 nitrogen and oxygen atoms in total. The van der Waals surface area contributed by atoms with E-state index >= 15 is 0 Å². The molecule has 0 spiro atoms. The van der Waals surface area contributed by atoms with Crippen LogP contribution in [-0.2, 0) is 9.53 Å². The summed E-state index contributed by atoms with van der Waals surface area (Å²) in [5.41, 5.74) is -2.86. The van der Waals surface area contributed by atoms with Crippen LogP contribution in [0.4, 0.5) is 4.39 Å². The van der Waals surface area contributed by atoms with E-state index in [0.29, 0.717) is 10.8 Å². The first-order chi connectivity index (χ1) is 12.2. The molecule has 144 valence electrons. The molecule has 1 aliphatic rings. The van der Waals surface area contributed by atoms with E-state index in [9.17, 15) is 33.8 Å². The van der Waals surface area contributed by atoms with Gasteiger partial charge in [-0.2, -0.15) is 8.96 Å². The third kappa shape index (κ3) is 3.72. The molecular weight excluding hydrogens is 359 g/mol. The van der Waals surface area contributed by atoms with E-state index in [2.05, 4.69) is 0 Å². The Morgan fingerprint density at radius 2 is 1.85 bits per heavy atom. The van der Waals surface area contributed by atoms with Crippen molar-refractivity contribution >= 4 is 11.9 Å². The van der Waals surface area contributed by atoms with Crippen molar-refractivity contribution in [2.24, 2.45) is 0 Å². The number of aliphatic carboxylic acids is 1. The van der Waals surface area contributed by atoms with E-state index in [1.807, 2.05) is 0 Å². The predicted molar refractivity (Wildman–Crippen MR) is 80.0 cm³/mol. The average molecular weight is 376 g/mol. The molecule has 26 heavy (non-hydrogen) atoms. The van der Waals surface area contributed by atoms with E-state index in [0.717, 1.165) is 0 Å². The van der Waals surface area contributed by atoms with Crippen LogP contribution in [0.25, 0.3) is 0 Å². The number of hydrogen-bond acceptors (Lipinski definition) is 8. The van der Waals surface area contributed by atoms with Crippen molar-refractivity contribution in [1.82, 2.24) is 9.13 Å². The van der Waals surface area contributed by atoms with Gasteiger partial charge in [-0.05, 0) is 6.42 Å². The number of ether oxygens (including phenoxy) is 1. The Bertz CT molecular complexity index is 818. The second kappa shape index (κ2) is 7.86. The van der Waals surface area contributed by atoms with Crippen LogP contribution in [0.5, 0.6) is 0 Å². The van der Waals surface area contributed by atoms with Gasteiger partial charge in [0.25, 0.3) is 5.56 Å². The van der Waals surface area contributed by atoms with Gasteiger partial charge < -0.3 is 25.2 Å². The van der Waals surface area contributed by atoms with E-state index in [1.54, 1.807) is 0 Å². The lowest BCUT2D eigenvalue weighted by molar-refractivity contribution is -0.137. The Kier molecular flexibility index (Phi) is 6.02. The molecule has 0 amide bonds. The smallest absolute Gasteiger partial charge is 0.340 e. The van der Waals surface area contributed by atoms with Crippen molar-refractivity contribution in [3.05, 3.63) is 32.9 Å². The van der Waals surface area contributed by atoms with Crippen LogP contribution >= 0.6 is 0 Å². The highest BCUT2D eigenvalue weighted by Gasteiger charge is 2.44. The molecule has 0 saturated carbocycles. The van der Waals surface area contributed by atoms with Gasteiger partial charge in [0.05, 0.1) is 12.8 Å². The standard InChI is InChI=1S/C14H17FN2O9/c15-6-4-16(13-11(23)10(22)7(5-18)26-13)14(25)17(12(6)24)8(19)2-1-3-9(20)21/h4,7,10-11,13,18,22-23H,1-3,5H2,(H,20,21)/t7-,10-,11-,13-/m1/s1. The summed E-state index contributed by atoms with van der Waals surface area (Å²) >= 11 is 0. The van der Waals surface area contributed by atoms with Gasteiger partial charge in [-0.1, -0.05) is 0 Å². The van der Waals surface area contributed by atoms with Gasteiger partial charge >= 0.3 is 11.7 Å². The van der Waals surface area contributed by atoms with Crippen LogP contribution < -0.4 is 11.2 Å². The predicted octanol–water partition coefficient (Wildman–Crippen LogP) is -2.34. The van der Waals surface area contributed by atoms with Gasteiger partial charge in [0.15, 0.2) is 6.23 Å². The molecule has 1 aromatic heterocycles. The number of carboxylic acids is 1. The highest BCUT2D eigenvalue weighted by Crippen LogP contribution is 2.28. The zero-order valence-corrected chi connectivity index (χ0v) is 13.3. The van der Waals surface area contributed by atoms with Crippen LogP contribution in [0.15, 0.2) is 15.8 Å². The minimum absolute atomic E-state index is 0.0219. The first-order valence-electron chi connectivity index (χ1n) is 7.60. The number of nitrogens with zero attached hydrogens (tertiary/aromatic N) is 2. The lowest BCUT2D eigenvalue weighted by Gasteiger charge is -2.18. The molecule has 2 heterocycles. The average Bonchev–Trinajstić information content (AvgIpc) is 2.86. The monoisotopic (exact) mass is 376 g/mol. The Morgan fingerprint density at radius 3 is 2.38 bits per heavy atom. The molecule has 0 radical (unpaired) electrons. The number of aliphatic hydroxyl groups excluding tert-OH is 3. The van der Waals surface area contributed by atoms with Crippen LogP contribution in [0.3, 0.4) is 0 Å².